The Balaban J connectivity index is 2.29. The molecule has 0 unspecified atom stereocenters. The molecule has 0 aromatic heterocycles. The molecule has 0 aliphatic heterocycles. The van der Waals surface area contributed by atoms with Crippen LogP contribution in [0.5, 0.6) is 0 Å². The van der Waals surface area contributed by atoms with Crippen molar-refractivity contribution in [1.29, 1.82) is 0 Å². The number of carbonyl (C=O) groups excluding carboxylic acids is 1. The Labute approximate surface area is 121 Å². The maximum absolute atomic E-state index is 12.1. The van der Waals surface area contributed by atoms with Crippen molar-refractivity contribution in [2.45, 2.75) is 52.4 Å². The number of nitrogens with zero attached hydrogens (tertiary/aromatic N) is 1. The highest BCUT2D eigenvalue weighted by atomic mass is 16.4. The number of amides is 2. The van der Waals surface area contributed by atoms with E-state index in [2.05, 4.69) is 19.2 Å². The molecule has 5 heteroatoms. The van der Waals surface area contributed by atoms with Gasteiger partial charge in [0.25, 0.3) is 0 Å². The third kappa shape index (κ3) is 5.39. The molecule has 2 amide bonds. The number of urea groups is 1. The van der Waals surface area contributed by atoms with Crippen molar-refractivity contribution >= 4 is 12.0 Å². The zero-order valence-corrected chi connectivity index (χ0v) is 12.7. The molecule has 5 nitrogen and oxygen atoms in total. The highest BCUT2D eigenvalue weighted by Gasteiger charge is 2.26. The van der Waals surface area contributed by atoms with Gasteiger partial charge in [-0.3, -0.25) is 4.79 Å². The first-order valence-electron chi connectivity index (χ1n) is 7.84. The molecule has 0 bridgehead atoms. The van der Waals surface area contributed by atoms with Crippen LogP contribution in [0.15, 0.2) is 0 Å². The van der Waals surface area contributed by atoms with Crippen molar-refractivity contribution in [3.8, 4) is 0 Å². The average Bonchev–Trinajstić information content (AvgIpc) is 2.45. The van der Waals surface area contributed by atoms with Gasteiger partial charge < -0.3 is 15.3 Å². The van der Waals surface area contributed by atoms with E-state index in [1.54, 1.807) is 0 Å². The summed E-state index contributed by atoms with van der Waals surface area (Å²) in [4.78, 5) is 24.8. The van der Waals surface area contributed by atoms with Gasteiger partial charge in [0.2, 0.25) is 0 Å². The fourth-order valence-electron chi connectivity index (χ4n) is 2.81. The van der Waals surface area contributed by atoms with Crippen molar-refractivity contribution in [1.82, 2.24) is 10.2 Å². The summed E-state index contributed by atoms with van der Waals surface area (Å²) in [5.41, 5.74) is 0. The molecule has 0 spiro atoms. The summed E-state index contributed by atoms with van der Waals surface area (Å²) in [6.07, 6.45) is 5.22. The van der Waals surface area contributed by atoms with Crippen molar-refractivity contribution < 1.29 is 14.7 Å². The molecular weight excluding hydrogens is 256 g/mol. The molecule has 0 atom stereocenters. The van der Waals surface area contributed by atoms with Gasteiger partial charge in [-0.2, -0.15) is 0 Å². The first-order valence-corrected chi connectivity index (χ1v) is 7.84. The second-order valence-corrected chi connectivity index (χ2v) is 5.73. The number of hydrogen-bond donors (Lipinski definition) is 2. The van der Waals surface area contributed by atoms with E-state index >= 15 is 0 Å². The van der Waals surface area contributed by atoms with Crippen LogP contribution in [-0.2, 0) is 4.79 Å². The summed E-state index contributed by atoms with van der Waals surface area (Å²) in [7, 11) is 0. The number of carboxylic acid groups (broad SMARTS) is 1. The van der Waals surface area contributed by atoms with Crippen molar-refractivity contribution in [2.24, 2.45) is 11.8 Å². The minimum Gasteiger partial charge on any atom is -0.481 e. The fourth-order valence-corrected chi connectivity index (χ4v) is 2.81. The number of nitrogens with one attached hydrogen (secondary N) is 1. The predicted molar refractivity (Wildman–Crippen MR) is 78.6 cm³/mol. The Morgan fingerprint density at radius 1 is 1.10 bits per heavy atom. The molecule has 0 aromatic carbocycles. The van der Waals surface area contributed by atoms with Gasteiger partial charge in [0, 0.05) is 19.6 Å². The van der Waals surface area contributed by atoms with Gasteiger partial charge in [-0.15, -0.1) is 0 Å². The van der Waals surface area contributed by atoms with E-state index in [4.69, 9.17) is 5.11 Å². The Morgan fingerprint density at radius 2 is 1.65 bits per heavy atom. The van der Waals surface area contributed by atoms with Crippen LogP contribution in [0.4, 0.5) is 4.79 Å². The summed E-state index contributed by atoms with van der Waals surface area (Å²) in [5.74, 6) is -0.428. The van der Waals surface area contributed by atoms with E-state index in [0.29, 0.717) is 12.5 Å². The van der Waals surface area contributed by atoms with Crippen LogP contribution in [0.3, 0.4) is 0 Å². The van der Waals surface area contributed by atoms with Crippen LogP contribution in [0, 0.1) is 11.8 Å². The lowest BCUT2D eigenvalue weighted by Crippen LogP contribution is -2.43. The molecule has 1 rings (SSSR count). The van der Waals surface area contributed by atoms with Gasteiger partial charge in [0.15, 0.2) is 0 Å². The lowest BCUT2D eigenvalue weighted by atomic mass is 9.82. The highest BCUT2D eigenvalue weighted by molar-refractivity contribution is 5.74. The number of carboxylic acids is 1. The van der Waals surface area contributed by atoms with Crippen LogP contribution in [0.2, 0.25) is 0 Å². The topological polar surface area (TPSA) is 69.6 Å². The molecule has 1 aliphatic carbocycles. The number of hydrogen-bond acceptors (Lipinski definition) is 2. The normalized spacial score (nSPS) is 22.3. The monoisotopic (exact) mass is 284 g/mol. The molecule has 0 radical (unpaired) electrons. The van der Waals surface area contributed by atoms with Crippen LogP contribution >= 0.6 is 0 Å². The quantitative estimate of drug-likeness (QED) is 0.755. The lowest BCUT2D eigenvalue weighted by Gasteiger charge is -2.28. The van der Waals surface area contributed by atoms with E-state index in [0.717, 1.165) is 51.6 Å². The van der Waals surface area contributed by atoms with Gasteiger partial charge in [0.05, 0.1) is 5.92 Å². The highest BCUT2D eigenvalue weighted by Crippen LogP contribution is 2.28. The molecule has 116 valence electrons. The minimum absolute atomic E-state index is 0.0223. The summed E-state index contributed by atoms with van der Waals surface area (Å²) in [6.45, 7) is 6.41. The predicted octanol–water partition coefficient (Wildman–Crippen LogP) is 2.71. The van der Waals surface area contributed by atoms with Crippen LogP contribution < -0.4 is 5.32 Å². The lowest BCUT2D eigenvalue weighted by molar-refractivity contribution is -0.143. The Kier molecular flexibility index (Phi) is 7.41. The summed E-state index contributed by atoms with van der Waals surface area (Å²) in [6, 6.07) is 0.0223. The van der Waals surface area contributed by atoms with E-state index in [1.165, 1.54) is 0 Å². The standard InChI is InChI=1S/C15H28N2O3/c1-3-9-17(10-4-2)15(20)16-11-12-5-7-13(8-6-12)14(18)19/h12-13H,3-11H2,1-2H3,(H,16,20)(H,18,19). The van der Waals surface area contributed by atoms with Gasteiger partial charge in [0.1, 0.15) is 0 Å². The van der Waals surface area contributed by atoms with E-state index in [1.807, 2.05) is 4.90 Å². The zero-order valence-electron chi connectivity index (χ0n) is 12.7. The molecule has 20 heavy (non-hydrogen) atoms. The first-order chi connectivity index (χ1) is 9.58. The van der Waals surface area contributed by atoms with E-state index in [9.17, 15) is 9.59 Å². The number of aliphatic carboxylic acids is 1. The van der Waals surface area contributed by atoms with E-state index < -0.39 is 5.97 Å². The SMILES string of the molecule is CCCN(CCC)C(=O)NCC1CCC(C(=O)O)CC1. The molecule has 1 fully saturated rings. The molecular formula is C15H28N2O3. The minimum atomic E-state index is -0.676. The molecule has 0 aromatic rings. The van der Waals surface area contributed by atoms with Crippen molar-refractivity contribution in [3.63, 3.8) is 0 Å². The van der Waals surface area contributed by atoms with Crippen molar-refractivity contribution in [3.05, 3.63) is 0 Å². The Morgan fingerprint density at radius 3 is 2.10 bits per heavy atom. The fraction of sp³-hybridized carbons (Fsp3) is 0.867. The van der Waals surface area contributed by atoms with Crippen LogP contribution in [0.1, 0.15) is 52.4 Å². The van der Waals surface area contributed by atoms with Gasteiger partial charge >= 0.3 is 12.0 Å². The van der Waals surface area contributed by atoms with Crippen molar-refractivity contribution in [2.75, 3.05) is 19.6 Å². The smallest absolute Gasteiger partial charge is 0.317 e. The summed E-state index contributed by atoms with van der Waals surface area (Å²) in [5, 5.41) is 12.0. The average molecular weight is 284 g/mol. The Bertz CT molecular complexity index is 306. The number of carbonyl (C=O) groups is 2. The third-order valence-corrected chi connectivity index (χ3v) is 4.01. The Hall–Kier alpha value is -1.26. The summed E-state index contributed by atoms with van der Waals surface area (Å²) >= 11 is 0. The molecule has 0 heterocycles. The molecule has 0 saturated heterocycles. The van der Waals surface area contributed by atoms with E-state index in [-0.39, 0.29) is 11.9 Å². The summed E-state index contributed by atoms with van der Waals surface area (Å²) < 4.78 is 0. The van der Waals surface area contributed by atoms with Crippen LogP contribution in [0.25, 0.3) is 0 Å². The first kappa shape index (κ1) is 16.8. The van der Waals surface area contributed by atoms with Gasteiger partial charge in [-0.05, 0) is 44.4 Å². The third-order valence-electron chi connectivity index (χ3n) is 4.01. The van der Waals surface area contributed by atoms with Crippen LogP contribution in [-0.4, -0.2) is 41.6 Å². The largest absolute Gasteiger partial charge is 0.481 e. The maximum atomic E-state index is 12.1. The molecule has 2 N–H and O–H groups in total. The maximum Gasteiger partial charge on any atom is 0.317 e. The second kappa shape index (κ2) is 8.82. The zero-order chi connectivity index (χ0) is 15.0. The molecule has 1 aliphatic rings. The van der Waals surface area contributed by atoms with Gasteiger partial charge in [-0.25, -0.2) is 4.79 Å². The molecule has 1 saturated carbocycles. The van der Waals surface area contributed by atoms with Gasteiger partial charge in [-0.1, -0.05) is 13.8 Å². The number of rotatable bonds is 7. The second-order valence-electron chi connectivity index (χ2n) is 5.73.